The van der Waals surface area contributed by atoms with Crippen LogP contribution >= 0.6 is 0 Å². The lowest BCUT2D eigenvalue weighted by atomic mass is 10.0. The Morgan fingerprint density at radius 2 is 1.63 bits per heavy atom. The highest BCUT2D eigenvalue weighted by molar-refractivity contribution is 6.02. The molecule has 0 fully saturated rings. The molecule has 5 nitrogen and oxygen atoms in total. The van der Waals surface area contributed by atoms with Crippen molar-refractivity contribution in [3.63, 3.8) is 0 Å². The fourth-order valence-electron chi connectivity index (χ4n) is 3.04. The van der Waals surface area contributed by atoms with Crippen molar-refractivity contribution in [3.05, 3.63) is 59.2 Å². The monoisotopic (exact) mass is 367 g/mol. The van der Waals surface area contributed by atoms with Crippen LogP contribution in [0.4, 0.5) is 11.4 Å². The summed E-state index contributed by atoms with van der Waals surface area (Å²) in [7, 11) is 3.97. The Bertz CT molecular complexity index is 828. The van der Waals surface area contributed by atoms with E-state index < -0.39 is 6.04 Å². The summed E-state index contributed by atoms with van der Waals surface area (Å²) in [6, 6.07) is 12.5. The van der Waals surface area contributed by atoms with Gasteiger partial charge in [0.1, 0.15) is 6.04 Å². The molecule has 0 aromatic heterocycles. The molecule has 0 aliphatic rings. The van der Waals surface area contributed by atoms with E-state index in [1.807, 2.05) is 83.1 Å². The van der Waals surface area contributed by atoms with Gasteiger partial charge in [-0.05, 0) is 55.2 Å². The van der Waals surface area contributed by atoms with Crippen LogP contribution in [0.25, 0.3) is 0 Å². The molecule has 27 heavy (non-hydrogen) atoms. The summed E-state index contributed by atoms with van der Waals surface area (Å²) in [6.45, 7) is 7.73. The predicted octanol–water partition coefficient (Wildman–Crippen LogP) is 3.76. The van der Waals surface area contributed by atoms with Gasteiger partial charge in [0.25, 0.3) is 5.91 Å². The smallest absolute Gasteiger partial charge is 0.252 e. The number of aryl methyl sites for hydroxylation is 2. The van der Waals surface area contributed by atoms with E-state index >= 15 is 0 Å². The molecule has 0 spiro atoms. The molecule has 2 aromatic rings. The Morgan fingerprint density at radius 1 is 0.963 bits per heavy atom. The van der Waals surface area contributed by atoms with Gasteiger partial charge in [-0.2, -0.15) is 0 Å². The van der Waals surface area contributed by atoms with E-state index in [9.17, 15) is 9.59 Å². The van der Waals surface area contributed by atoms with E-state index in [-0.39, 0.29) is 17.7 Å². The highest BCUT2D eigenvalue weighted by Gasteiger charge is 2.25. The number of nitrogens with zero attached hydrogens (tertiary/aromatic N) is 1. The second-order valence-corrected chi connectivity index (χ2v) is 7.40. The minimum absolute atomic E-state index is 0.0416. The fourth-order valence-corrected chi connectivity index (χ4v) is 3.04. The zero-order valence-corrected chi connectivity index (χ0v) is 17.0. The molecule has 0 saturated carbocycles. The van der Waals surface area contributed by atoms with Crippen molar-refractivity contribution < 1.29 is 9.59 Å². The van der Waals surface area contributed by atoms with Crippen molar-refractivity contribution in [2.45, 2.75) is 33.7 Å². The van der Waals surface area contributed by atoms with E-state index in [0.717, 1.165) is 22.5 Å². The summed E-state index contributed by atoms with van der Waals surface area (Å²) < 4.78 is 0. The van der Waals surface area contributed by atoms with Crippen LogP contribution in [0.5, 0.6) is 0 Å². The lowest BCUT2D eigenvalue weighted by molar-refractivity contribution is -0.118. The van der Waals surface area contributed by atoms with Crippen LogP contribution < -0.4 is 15.5 Å². The van der Waals surface area contributed by atoms with Gasteiger partial charge in [-0.15, -0.1) is 0 Å². The first-order valence-corrected chi connectivity index (χ1v) is 9.16. The molecule has 0 radical (unpaired) electrons. The molecule has 1 atom stereocenters. The zero-order chi connectivity index (χ0) is 20.1. The van der Waals surface area contributed by atoms with Gasteiger partial charge >= 0.3 is 0 Å². The number of anilines is 2. The minimum atomic E-state index is -0.620. The highest BCUT2D eigenvalue weighted by atomic mass is 16.2. The molecule has 2 aromatic carbocycles. The number of hydrogen-bond acceptors (Lipinski definition) is 3. The largest absolute Gasteiger partial charge is 0.377 e. The maximum absolute atomic E-state index is 12.8. The maximum Gasteiger partial charge on any atom is 0.252 e. The summed E-state index contributed by atoms with van der Waals surface area (Å²) in [4.78, 5) is 27.4. The normalized spacial score (nSPS) is 11.8. The molecule has 2 N–H and O–H groups in total. The molecule has 144 valence electrons. The third kappa shape index (κ3) is 5.09. The molecule has 0 bridgehead atoms. The van der Waals surface area contributed by atoms with Crippen LogP contribution in [-0.4, -0.2) is 32.0 Å². The van der Waals surface area contributed by atoms with Crippen molar-refractivity contribution in [3.8, 4) is 0 Å². The molecule has 2 rings (SSSR count). The number of amides is 2. The third-order valence-corrected chi connectivity index (χ3v) is 4.57. The van der Waals surface area contributed by atoms with Gasteiger partial charge in [-0.25, -0.2) is 0 Å². The molecular weight excluding hydrogens is 338 g/mol. The zero-order valence-electron chi connectivity index (χ0n) is 17.0. The molecule has 0 heterocycles. The van der Waals surface area contributed by atoms with Gasteiger partial charge in [0.2, 0.25) is 5.91 Å². The topological polar surface area (TPSA) is 61.4 Å². The molecule has 2 amide bonds. The quantitative estimate of drug-likeness (QED) is 0.817. The van der Waals surface area contributed by atoms with E-state index in [4.69, 9.17) is 0 Å². The van der Waals surface area contributed by atoms with Crippen molar-refractivity contribution in [1.82, 2.24) is 5.32 Å². The number of benzene rings is 2. The van der Waals surface area contributed by atoms with Crippen LogP contribution in [0.1, 0.15) is 35.3 Å². The summed E-state index contributed by atoms with van der Waals surface area (Å²) >= 11 is 0. The third-order valence-electron chi connectivity index (χ3n) is 4.57. The van der Waals surface area contributed by atoms with Crippen LogP contribution in [0.2, 0.25) is 0 Å². The van der Waals surface area contributed by atoms with Gasteiger partial charge in [0, 0.05) is 31.0 Å². The average molecular weight is 367 g/mol. The summed E-state index contributed by atoms with van der Waals surface area (Å²) in [5.74, 6) is -0.495. The van der Waals surface area contributed by atoms with E-state index in [1.165, 1.54) is 0 Å². The van der Waals surface area contributed by atoms with Crippen molar-refractivity contribution >= 4 is 23.2 Å². The second kappa shape index (κ2) is 8.71. The van der Waals surface area contributed by atoms with Crippen LogP contribution in [0.3, 0.4) is 0 Å². The SMILES string of the molecule is Cc1ccccc1C(=O)NC(C(=O)Nc1ccc(N(C)C)c(C)c1)C(C)C. The van der Waals surface area contributed by atoms with E-state index in [2.05, 4.69) is 10.6 Å². The highest BCUT2D eigenvalue weighted by Crippen LogP contribution is 2.22. The first-order valence-electron chi connectivity index (χ1n) is 9.16. The van der Waals surface area contributed by atoms with Gasteiger partial charge in [-0.3, -0.25) is 9.59 Å². The van der Waals surface area contributed by atoms with Crippen molar-refractivity contribution in [2.75, 3.05) is 24.3 Å². The number of nitrogens with one attached hydrogen (secondary N) is 2. The molecular formula is C22H29N3O2. The Morgan fingerprint density at radius 3 is 2.19 bits per heavy atom. The standard InChI is InChI=1S/C22H29N3O2/c1-14(2)20(24-21(26)18-10-8-7-9-15(18)3)22(27)23-17-11-12-19(25(5)6)16(4)13-17/h7-14,20H,1-6H3,(H,23,27)(H,24,26). The van der Waals surface area contributed by atoms with Crippen molar-refractivity contribution in [1.29, 1.82) is 0 Å². The van der Waals surface area contributed by atoms with E-state index in [0.29, 0.717) is 5.56 Å². The summed E-state index contributed by atoms with van der Waals surface area (Å²) in [5.41, 5.74) is 4.36. The van der Waals surface area contributed by atoms with Crippen LogP contribution in [-0.2, 0) is 4.79 Å². The van der Waals surface area contributed by atoms with Crippen LogP contribution in [0.15, 0.2) is 42.5 Å². The Balaban J connectivity index is 2.14. The lowest BCUT2D eigenvalue weighted by Gasteiger charge is -2.23. The van der Waals surface area contributed by atoms with E-state index in [1.54, 1.807) is 6.07 Å². The predicted molar refractivity (Wildman–Crippen MR) is 111 cm³/mol. The number of hydrogen-bond donors (Lipinski definition) is 2. The second-order valence-electron chi connectivity index (χ2n) is 7.40. The number of carbonyl (C=O) groups excluding carboxylic acids is 2. The van der Waals surface area contributed by atoms with Gasteiger partial charge in [0.05, 0.1) is 0 Å². The maximum atomic E-state index is 12.8. The summed E-state index contributed by atoms with van der Waals surface area (Å²) in [6.07, 6.45) is 0. The molecule has 0 saturated heterocycles. The summed E-state index contributed by atoms with van der Waals surface area (Å²) in [5, 5.41) is 5.81. The lowest BCUT2D eigenvalue weighted by Crippen LogP contribution is -2.47. The number of carbonyl (C=O) groups is 2. The first kappa shape index (κ1) is 20.5. The average Bonchev–Trinajstić information content (AvgIpc) is 2.59. The molecule has 5 heteroatoms. The number of rotatable bonds is 6. The molecule has 0 aliphatic heterocycles. The van der Waals surface area contributed by atoms with Gasteiger partial charge < -0.3 is 15.5 Å². The first-order chi connectivity index (χ1) is 12.7. The fraction of sp³-hybridized carbons (Fsp3) is 0.364. The minimum Gasteiger partial charge on any atom is -0.377 e. The Kier molecular flexibility index (Phi) is 6.61. The van der Waals surface area contributed by atoms with Crippen molar-refractivity contribution in [2.24, 2.45) is 5.92 Å². The van der Waals surface area contributed by atoms with Gasteiger partial charge in [-0.1, -0.05) is 32.0 Å². The Labute approximate surface area is 161 Å². The van der Waals surface area contributed by atoms with Gasteiger partial charge in [0.15, 0.2) is 0 Å². The molecule has 1 unspecified atom stereocenters. The molecule has 0 aliphatic carbocycles. The van der Waals surface area contributed by atoms with Crippen LogP contribution in [0, 0.1) is 19.8 Å². The Hall–Kier alpha value is -2.82.